The van der Waals surface area contributed by atoms with Gasteiger partial charge in [0.15, 0.2) is 0 Å². The predicted molar refractivity (Wildman–Crippen MR) is 136 cm³/mol. The fourth-order valence-corrected chi connectivity index (χ4v) is 5.33. The van der Waals surface area contributed by atoms with Gasteiger partial charge in [-0.25, -0.2) is 8.42 Å². The number of sulfonamides is 1. The highest BCUT2D eigenvalue weighted by Gasteiger charge is 2.15. The Kier molecular flexibility index (Phi) is 7.30. The summed E-state index contributed by atoms with van der Waals surface area (Å²) in [6, 6.07) is 25.5. The van der Waals surface area contributed by atoms with Crippen LogP contribution in [0.5, 0.6) is 5.75 Å². The average molecular weight is 493 g/mol. The van der Waals surface area contributed by atoms with E-state index in [1.54, 1.807) is 41.8 Å². The van der Waals surface area contributed by atoms with Crippen LogP contribution in [-0.2, 0) is 27.8 Å². The van der Waals surface area contributed by atoms with Crippen molar-refractivity contribution in [1.82, 2.24) is 0 Å². The van der Waals surface area contributed by atoms with Gasteiger partial charge in [-0.3, -0.25) is 9.52 Å². The first-order valence-corrected chi connectivity index (χ1v) is 13.0. The zero-order valence-electron chi connectivity index (χ0n) is 18.5. The van der Waals surface area contributed by atoms with Gasteiger partial charge in [-0.15, -0.1) is 11.3 Å². The van der Waals surface area contributed by atoms with Gasteiger partial charge in [0, 0.05) is 5.69 Å². The normalized spacial score (nSPS) is 11.1. The molecule has 0 bridgehead atoms. The van der Waals surface area contributed by atoms with Gasteiger partial charge in [0.1, 0.15) is 16.6 Å². The molecule has 4 aromatic rings. The van der Waals surface area contributed by atoms with Crippen LogP contribution in [0.1, 0.15) is 16.7 Å². The molecule has 1 heterocycles. The summed E-state index contributed by atoms with van der Waals surface area (Å²) < 4.78 is 33.5. The summed E-state index contributed by atoms with van der Waals surface area (Å²) in [4.78, 5) is 12.7. The number of ether oxygens (including phenoxy) is 1. The van der Waals surface area contributed by atoms with Gasteiger partial charge in [0.2, 0.25) is 5.91 Å². The SMILES string of the molecule is Cc1ccc(NC(=O)Cc2ccc(NS(=O)(=O)c3cccs3)cc2)c(OCc2ccccc2)c1. The van der Waals surface area contributed by atoms with Crippen molar-refractivity contribution in [2.45, 2.75) is 24.2 Å². The molecule has 0 saturated heterocycles. The Bertz CT molecular complexity index is 1350. The Hall–Kier alpha value is -3.62. The zero-order valence-corrected chi connectivity index (χ0v) is 20.2. The highest BCUT2D eigenvalue weighted by molar-refractivity contribution is 7.94. The Balaban J connectivity index is 1.38. The molecule has 2 N–H and O–H groups in total. The summed E-state index contributed by atoms with van der Waals surface area (Å²) in [5, 5.41) is 4.63. The second-order valence-corrected chi connectivity index (χ2v) is 10.6. The molecular formula is C26H24N2O4S2. The van der Waals surface area contributed by atoms with Crippen LogP contribution in [0.4, 0.5) is 11.4 Å². The van der Waals surface area contributed by atoms with Crippen molar-refractivity contribution in [3.8, 4) is 5.75 Å². The molecule has 4 rings (SSSR count). The monoisotopic (exact) mass is 492 g/mol. The summed E-state index contributed by atoms with van der Waals surface area (Å²) >= 11 is 1.15. The van der Waals surface area contributed by atoms with Crippen LogP contribution in [0, 0.1) is 6.92 Å². The van der Waals surface area contributed by atoms with E-state index in [0.29, 0.717) is 23.7 Å². The minimum atomic E-state index is -3.61. The maximum Gasteiger partial charge on any atom is 0.271 e. The number of rotatable bonds is 9. The topological polar surface area (TPSA) is 84.5 Å². The van der Waals surface area contributed by atoms with Crippen molar-refractivity contribution in [3.63, 3.8) is 0 Å². The largest absolute Gasteiger partial charge is 0.487 e. The zero-order chi connectivity index (χ0) is 24.0. The molecule has 0 atom stereocenters. The van der Waals surface area contributed by atoms with Gasteiger partial charge < -0.3 is 10.1 Å². The van der Waals surface area contributed by atoms with Crippen molar-refractivity contribution in [3.05, 3.63) is 107 Å². The Morgan fingerprint density at radius 3 is 2.38 bits per heavy atom. The number of carbonyl (C=O) groups is 1. The summed E-state index contributed by atoms with van der Waals surface area (Å²) in [5.41, 5.74) is 3.87. The number of aryl methyl sites for hydroxylation is 1. The molecule has 0 saturated carbocycles. The van der Waals surface area contributed by atoms with Gasteiger partial charge in [0.05, 0.1) is 12.1 Å². The highest BCUT2D eigenvalue weighted by atomic mass is 32.2. The number of nitrogens with one attached hydrogen (secondary N) is 2. The molecule has 3 aromatic carbocycles. The van der Waals surface area contributed by atoms with E-state index in [-0.39, 0.29) is 16.5 Å². The second-order valence-electron chi connectivity index (χ2n) is 7.73. The summed E-state index contributed by atoms with van der Waals surface area (Å²) in [5.74, 6) is 0.413. The fraction of sp³-hybridized carbons (Fsp3) is 0.115. The molecule has 6 nitrogen and oxygen atoms in total. The van der Waals surface area contributed by atoms with Crippen LogP contribution < -0.4 is 14.8 Å². The molecule has 0 aliphatic heterocycles. The Morgan fingerprint density at radius 2 is 1.68 bits per heavy atom. The first kappa shape index (κ1) is 23.5. The highest BCUT2D eigenvalue weighted by Crippen LogP contribution is 2.27. The number of hydrogen-bond donors (Lipinski definition) is 2. The summed E-state index contributed by atoms with van der Waals surface area (Å²) in [6.07, 6.45) is 0.143. The standard InChI is InChI=1S/C26H24N2O4S2/c1-19-9-14-23(24(16-19)32-18-21-6-3-2-4-7-21)27-25(29)17-20-10-12-22(13-11-20)28-34(30,31)26-8-5-15-33-26/h2-16,28H,17-18H2,1H3,(H,27,29). The number of carbonyl (C=O) groups excluding carboxylic acids is 1. The lowest BCUT2D eigenvalue weighted by Crippen LogP contribution is -2.15. The van der Waals surface area contributed by atoms with Crippen molar-refractivity contribution in [2.24, 2.45) is 0 Å². The van der Waals surface area contributed by atoms with Crippen LogP contribution in [0.15, 0.2) is 94.5 Å². The molecular weight excluding hydrogens is 468 g/mol. The third-order valence-electron chi connectivity index (χ3n) is 4.98. The summed E-state index contributed by atoms with van der Waals surface area (Å²) in [7, 11) is -3.61. The third kappa shape index (κ3) is 6.24. The Labute approximate surface area is 203 Å². The van der Waals surface area contributed by atoms with Crippen LogP contribution in [0.2, 0.25) is 0 Å². The van der Waals surface area contributed by atoms with E-state index < -0.39 is 10.0 Å². The van der Waals surface area contributed by atoms with Gasteiger partial charge >= 0.3 is 0 Å². The van der Waals surface area contributed by atoms with Crippen molar-refractivity contribution >= 4 is 38.6 Å². The molecule has 1 aromatic heterocycles. The first-order valence-electron chi connectivity index (χ1n) is 10.6. The van der Waals surface area contributed by atoms with E-state index >= 15 is 0 Å². The van der Waals surface area contributed by atoms with E-state index in [1.807, 2.05) is 55.5 Å². The molecule has 0 aliphatic rings. The number of thiophene rings is 1. The van der Waals surface area contributed by atoms with Gasteiger partial charge in [-0.05, 0) is 59.3 Å². The minimum absolute atomic E-state index is 0.143. The lowest BCUT2D eigenvalue weighted by molar-refractivity contribution is -0.115. The molecule has 0 radical (unpaired) electrons. The molecule has 0 unspecified atom stereocenters. The van der Waals surface area contributed by atoms with E-state index in [0.717, 1.165) is 28.0 Å². The molecule has 0 fully saturated rings. The molecule has 34 heavy (non-hydrogen) atoms. The van der Waals surface area contributed by atoms with E-state index in [2.05, 4.69) is 10.0 Å². The van der Waals surface area contributed by atoms with Crippen LogP contribution >= 0.6 is 11.3 Å². The molecule has 8 heteroatoms. The summed E-state index contributed by atoms with van der Waals surface area (Å²) in [6.45, 7) is 2.37. The molecule has 0 spiro atoms. The number of amides is 1. The van der Waals surface area contributed by atoms with Crippen LogP contribution in [0.3, 0.4) is 0 Å². The smallest absolute Gasteiger partial charge is 0.271 e. The van der Waals surface area contributed by atoms with Gasteiger partial charge in [-0.1, -0.05) is 54.6 Å². The predicted octanol–water partition coefficient (Wildman–Crippen LogP) is 5.62. The Morgan fingerprint density at radius 1 is 0.912 bits per heavy atom. The minimum Gasteiger partial charge on any atom is -0.487 e. The average Bonchev–Trinajstić information content (AvgIpc) is 3.37. The number of hydrogen-bond acceptors (Lipinski definition) is 5. The first-order chi connectivity index (χ1) is 16.4. The van der Waals surface area contributed by atoms with Gasteiger partial charge in [0.25, 0.3) is 10.0 Å². The van der Waals surface area contributed by atoms with Crippen LogP contribution in [-0.4, -0.2) is 14.3 Å². The van der Waals surface area contributed by atoms with Crippen molar-refractivity contribution < 1.29 is 17.9 Å². The quantitative estimate of drug-likeness (QED) is 0.318. The maximum absolute atomic E-state index is 12.7. The lowest BCUT2D eigenvalue weighted by atomic mass is 10.1. The molecule has 174 valence electrons. The third-order valence-corrected chi connectivity index (χ3v) is 7.76. The number of anilines is 2. The van der Waals surface area contributed by atoms with E-state index in [4.69, 9.17) is 4.74 Å². The van der Waals surface area contributed by atoms with Crippen molar-refractivity contribution in [1.29, 1.82) is 0 Å². The maximum atomic E-state index is 12.7. The molecule has 1 amide bonds. The van der Waals surface area contributed by atoms with Crippen LogP contribution in [0.25, 0.3) is 0 Å². The fourth-order valence-electron chi connectivity index (χ4n) is 3.28. The van der Waals surface area contributed by atoms with Gasteiger partial charge in [-0.2, -0.15) is 0 Å². The van der Waals surface area contributed by atoms with E-state index in [1.165, 1.54) is 0 Å². The lowest BCUT2D eigenvalue weighted by Gasteiger charge is -2.14. The van der Waals surface area contributed by atoms with Crippen molar-refractivity contribution in [2.75, 3.05) is 10.0 Å². The molecule has 0 aliphatic carbocycles. The number of benzene rings is 3. The second kappa shape index (κ2) is 10.5. The van der Waals surface area contributed by atoms with E-state index in [9.17, 15) is 13.2 Å².